The summed E-state index contributed by atoms with van der Waals surface area (Å²) >= 11 is 13.8. The van der Waals surface area contributed by atoms with E-state index in [1.807, 2.05) is 6.07 Å². The molecule has 18 heavy (non-hydrogen) atoms. The van der Waals surface area contributed by atoms with Gasteiger partial charge in [-0.05, 0) is 44.7 Å². The van der Waals surface area contributed by atoms with Gasteiger partial charge in [0.15, 0.2) is 0 Å². The Labute approximate surface area is 123 Å². The van der Waals surface area contributed by atoms with Crippen molar-refractivity contribution in [2.24, 2.45) is 0 Å². The molecule has 1 aromatic rings. The van der Waals surface area contributed by atoms with Crippen LogP contribution in [-0.4, -0.2) is 6.54 Å². The molecule has 2 rings (SSSR count). The third kappa shape index (κ3) is 3.51. The van der Waals surface area contributed by atoms with Crippen molar-refractivity contribution in [2.45, 2.75) is 45.1 Å². The number of rotatable bonds is 5. The molecule has 0 spiro atoms. The van der Waals surface area contributed by atoms with Crippen molar-refractivity contribution in [3.8, 4) is 0 Å². The fraction of sp³-hybridized carbons (Fsp3) is 0.571. The van der Waals surface area contributed by atoms with Crippen LogP contribution in [0.2, 0.25) is 8.67 Å². The van der Waals surface area contributed by atoms with Crippen molar-refractivity contribution in [3.05, 3.63) is 32.0 Å². The first kappa shape index (κ1) is 14.4. The molecule has 1 aromatic heterocycles. The number of hydrogen-bond acceptors (Lipinski definition) is 2. The van der Waals surface area contributed by atoms with Crippen LogP contribution in [0, 0.1) is 0 Å². The van der Waals surface area contributed by atoms with Crippen LogP contribution in [-0.2, 0) is 0 Å². The Morgan fingerprint density at radius 3 is 2.78 bits per heavy atom. The van der Waals surface area contributed by atoms with Crippen LogP contribution >= 0.6 is 34.5 Å². The molecule has 0 aromatic carbocycles. The van der Waals surface area contributed by atoms with Crippen molar-refractivity contribution in [2.75, 3.05) is 6.54 Å². The van der Waals surface area contributed by atoms with Gasteiger partial charge in [-0.3, -0.25) is 0 Å². The normalized spacial score (nSPS) is 17.6. The molecule has 0 fully saturated rings. The molecule has 1 atom stereocenters. The zero-order chi connectivity index (χ0) is 13.0. The number of halogens is 2. The molecule has 1 nitrogen and oxygen atoms in total. The first-order valence-electron chi connectivity index (χ1n) is 6.59. The molecule has 0 aliphatic heterocycles. The maximum absolute atomic E-state index is 6.30. The van der Waals surface area contributed by atoms with Gasteiger partial charge >= 0.3 is 0 Å². The van der Waals surface area contributed by atoms with Crippen LogP contribution in [0.3, 0.4) is 0 Å². The Hall–Kier alpha value is -0.0200. The summed E-state index contributed by atoms with van der Waals surface area (Å²) in [4.78, 5) is 0. The molecule has 1 heterocycles. The first-order valence-corrected chi connectivity index (χ1v) is 8.16. The summed E-state index contributed by atoms with van der Waals surface area (Å²) in [6.07, 6.45) is 8.45. The summed E-state index contributed by atoms with van der Waals surface area (Å²) in [5.74, 6) is 0. The summed E-state index contributed by atoms with van der Waals surface area (Å²) in [7, 11) is 0. The monoisotopic (exact) mass is 303 g/mol. The average Bonchev–Trinajstić information content (AvgIpc) is 2.70. The summed E-state index contributed by atoms with van der Waals surface area (Å²) in [5, 5.41) is 3.60. The van der Waals surface area contributed by atoms with E-state index in [4.69, 9.17) is 23.2 Å². The molecule has 0 radical (unpaired) electrons. The predicted molar refractivity (Wildman–Crippen MR) is 81.9 cm³/mol. The highest BCUT2D eigenvalue weighted by atomic mass is 35.5. The fourth-order valence-electron chi connectivity index (χ4n) is 2.40. The molecule has 0 amide bonds. The molecule has 4 heteroatoms. The van der Waals surface area contributed by atoms with Gasteiger partial charge in [0.1, 0.15) is 0 Å². The minimum Gasteiger partial charge on any atom is -0.306 e. The van der Waals surface area contributed by atoms with E-state index in [1.165, 1.54) is 42.6 Å². The quantitative estimate of drug-likeness (QED) is 0.699. The third-order valence-electron chi connectivity index (χ3n) is 3.29. The zero-order valence-electron chi connectivity index (χ0n) is 10.6. The van der Waals surface area contributed by atoms with Gasteiger partial charge in [0.05, 0.1) is 14.7 Å². The fourth-order valence-corrected chi connectivity index (χ4v) is 3.94. The van der Waals surface area contributed by atoms with Crippen molar-refractivity contribution < 1.29 is 0 Å². The second kappa shape index (κ2) is 6.95. The Kier molecular flexibility index (Phi) is 5.56. The van der Waals surface area contributed by atoms with E-state index in [2.05, 4.69) is 18.3 Å². The highest BCUT2D eigenvalue weighted by Gasteiger charge is 2.21. The van der Waals surface area contributed by atoms with Gasteiger partial charge in [-0.1, -0.05) is 41.8 Å². The summed E-state index contributed by atoms with van der Waals surface area (Å²) in [6, 6.07) is 2.26. The highest BCUT2D eigenvalue weighted by Crippen LogP contribution is 2.39. The summed E-state index contributed by atoms with van der Waals surface area (Å²) < 4.78 is 1.59. The minimum atomic E-state index is 0.251. The third-order valence-corrected chi connectivity index (χ3v) is 4.81. The van der Waals surface area contributed by atoms with Gasteiger partial charge in [-0.2, -0.15) is 0 Å². The van der Waals surface area contributed by atoms with E-state index < -0.39 is 0 Å². The molecule has 1 N–H and O–H groups in total. The van der Waals surface area contributed by atoms with Gasteiger partial charge in [-0.25, -0.2) is 0 Å². The molecule has 0 bridgehead atoms. The number of allylic oxidation sites excluding steroid dienone is 1. The van der Waals surface area contributed by atoms with Gasteiger partial charge in [0.2, 0.25) is 0 Å². The van der Waals surface area contributed by atoms with E-state index in [0.717, 1.165) is 27.2 Å². The number of hydrogen-bond donors (Lipinski definition) is 1. The second-order valence-electron chi connectivity index (χ2n) is 4.69. The van der Waals surface area contributed by atoms with Crippen LogP contribution in [0.25, 0.3) is 0 Å². The van der Waals surface area contributed by atoms with E-state index in [0.29, 0.717) is 0 Å². The van der Waals surface area contributed by atoms with Gasteiger partial charge < -0.3 is 5.32 Å². The summed E-state index contributed by atoms with van der Waals surface area (Å²) in [6.45, 7) is 3.19. The van der Waals surface area contributed by atoms with Crippen molar-refractivity contribution in [1.82, 2.24) is 5.32 Å². The van der Waals surface area contributed by atoms with Crippen LogP contribution in [0.4, 0.5) is 0 Å². The maximum Gasteiger partial charge on any atom is 0.0995 e. The average molecular weight is 304 g/mol. The molecule has 100 valence electrons. The Morgan fingerprint density at radius 2 is 2.22 bits per heavy atom. The van der Waals surface area contributed by atoms with Crippen LogP contribution in [0.5, 0.6) is 0 Å². The zero-order valence-corrected chi connectivity index (χ0v) is 13.0. The molecular weight excluding hydrogens is 285 g/mol. The predicted octanol–water partition coefficient (Wildman–Crippen LogP) is 5.60. The second-order valence-corrected chi connectivity index (χ2v) is 6.98. The van der Waals surface area contributed by atoms with Crippen LogP contribution < -0.4 is 5.32 Å². The largest absolute Gasteiger partial charge is 0.306 e. The van der Waals surface area contributed by atoms with Crippen LogP contribution in [0.15, 0.2) is 17.7 Å². The topological polar surface area (TPSA) is 12.0 Å². The molecule has 1 aliphatic carbocycles. The SMILES string of the molecule is CCCNC(C1=CCCCC1)c1cc(Cl)sc1Cl. The van der Waals surface area contributed by atoms with Gasteiger partial charge in [0.25, 0.3) is 0 Å². The lowest BCUT2D eigenvalue weighted by molar-refractivity contribution is 0.548. The van der Waals surface area contributed by atoms with Gasteiger partial charge in [-0.15, -0.1) is 11.3 Å². The Morgan fingerprint density at radius 1 is 1.39 bits per heavy atom. The molecule has 1 aliphatic rings. The number of thiophene rings is 1. The summed E-state index contributed by atoms with van der Waals surface area (Å²) in [5.41, 5.74) is 2.62. The lowest BCUT2D eigenvalue weighted by atomic mass is 9.91. The van der Waals surface area contributed by atoms with E-state index in [9.17, 15) is 0 Å². The van der Waals surface area contributed by atoms with Crippen LogP contribution in [0.1, 0.15) is 50.6 Å². The Bertz CT molecular complexity index is 425. The first-order chi connectivity index (χ1) is 8.72. The molecule has 0 saturated heterocycles. The number of nitrogens with one attached hydrogen (secondary N) is 1. The lowest BCUT2D eigenvalue weighted by Crippen LogP contribution is -2.24. The van der Waals surface area contributed by atoms with E-state index in [-0.39, 0.29) is 6.04 Å². The van der Waals surface area contributed by atoms with Crippen molar-refractivity contribution in [3.63, 3.8) is 0 Å². The molecule has 1 unspecified atom stereocenters. The minimum absolute atomic E-state index is 0.251. The molecule has 0 saturated carbocycles. The van der Waals surface area contributed by atoms with E-state index in [1.54, 1.807) is 0 Å². The smallest absolute Gasteiger partial charge is 0.0995 e. The highest BCUT2D eigenvalue weighted by molar-refractivity contribution is 7.20. The lowest BCUT2D eigenvalue weighted by Gasteiger charge is -2.24. The standard InChI is InChI=1S/C14H19Cl2NS/c1-2-8-17-13(10-6-4-3-5-7-10)11-9-12(15)18-14(11)16/h6,9,13,17H,2-5,7-8H2,1H3. The van der Waals surface area contributed by atoms with Crippen molar-refractivity contribution >= 4 is 34.5 Å². The molecular formula is C14H19Cl2NS. The van der Waals surface area contributed by atoms with Crippen molar-refractivity contribution in [1.29, 1.82) is 0 Å². The maximum atomic E-state index is 6.30. The Balaban J connectivity index is 2.23. The van der Waals surface area contributed by atoms with E-state index >= 15 is 0 Å². The van der Waals surface area contributed by atoms with Gasteiger partial charge in [0, 0.05) is 5.56 Å².